The van der Waals surface area contributed by atoms with E-state index in [4.69, 9.17) is 9.47 Å². The summed E-state index contributed by atoms with van der Waals surface area (Å²) in [7, 11) is -1.50. The van der Waals surface area contributed by atoms with E-state index in [1.807, 2.05) is 44.2 Å². The molecule has 11 heteroatoms. The number of ether oxygens (including phenoxy) is 2. The van der Waals surface area contributed by atoms with E-state index in [1.54, 1.807) is 30.3 Å². The molecule has 0 bridgehead atoms. The number of amides is 2. The molecule has 1 N–H and O–H groups in total. The Morgan fingerprint density at radius 2 is 1.45 bits per heavy atom. The van der Waals surface area contributed by atoms with E-state index in [-0.39, 0.29) is 41.2 Å². The third-order valence-corrected chi connectivity index (χ3v) is 9.57. The zero-order valence-electron chi connectivity index (χ0n) is 26.9. The zero-order valence-corrected chi connectivity index (χ0v) is 27.7. The maximum atomic E-state index is 14.5. The first kappa shape index (κ1) is 35.0. The van der Waals surface area contributed by atoms with Crippen molar-refractivity contribution in [2.45, 2.75) is 50.2 Å². The van der Waals surface area contributed by atoms with Crippen LogP contribution in [-0.2, 0) is 32.6 Å². The lowest BCUT2D eigenvalue weighted by atomic mass is 10.0. The fourth-order valence-electron chi connectivity index (χ4n) is 5.01. The van der Waals surface area contributed by atoms with Crippen LogP contribution in [0, 0.1) is 5.82 Å². The predicted octanol–water partition coefficient (Wildman–Crippen LogP) is 5.59. The standard InChI is InChI=1S/C36H40FN3O6S/c1-5-26(2)38-36(42)32(22-27-12-8-6-9-13-27)39(24-28-16-18-29(37)19-17-28)35(41)25-40(30-14-10-7-11-15-30)47(43,44)31-20-21-33(45-3)34(23-31)46-4/h6-21,23,26,32H,5,22,24-25H2,1-4H3,(H,38,42)/t26-,32+/m0/s1. The van der Waals surface area contributed by atoms with Crippen molar-refractivity contribution < 1.29 is 31.9 Å². The highest BCUT2D eigenvalue weighted by atomic mass is 32.2. The van der Waals surface area contributed by atoms with Crippen LogP contribution < -0.4 is 19.1 Å². The maximum absolute atomic E-state index is 14.5. The third-order valence-electron chi connectivity index (χ3n) is 7.80. The van der Waals surface area contributed by atoms with Gasteiger partial charge in [0.2, 0.25) is 11.8 Å². The van der Waals surface area contributed by atoms with E-state index in [0.717, 1.165) is 9.87 Å². The van der Waals surface area contributed by atoms with Crippen molar-refractivity contribution in [2.75, 3.05) is 25.1 Å². The maximum Gasteiger partial charge on any atom is 0.264 e. The Kier molecular flexibility index (Phi) is 12.0. The summed E-state index contributed by atoms with van der Waals surface area (Å²) in [5.41, 5.74) is 1.63. The third kappa shape index (κ3) is 8.88. The number of para-hydroxylation sites is 1. The number of rotatable bonds is 15. The average Bonchev–Trinajstić information content (AvgIpc) is 3.09. The van der Waals surface area contributed by atoms with Crippen molar-refractivity contribution in [2.24, 2.45) is 0 Å². The second-order valence-electron chi connectivity index (χ2n) is 11.0. The molecule has 0 aliphatic heterocycles. The van der Waals surface area contributed by atoms with Crippen LogP contribution in [0.3, 0.4) is 0 Å². The second-order valence-corrected chi connectivity index (χ2v) is 12.9. The first-order chi connectivity index (χ1) is 22.6. The number of benzene rings is 4. The molecule has 0 radical (unpaired) electrons. The summed E-state index contributed by atoms with van der Waals surface area (Å²) in [6.07, 6.45) is 0.838. The Hall–Kier alpha value is -4.90. The topological polar surface area (TPSA) is 105 Å². The molecule has 0 saturated heterocycles. The van der Waals surface area contributed by atoms with Gasteiger partial charge in [0.1, 0.15) is 18.4 Å². The lowest BCUT2D eigenvalue weighted by molar-refractivity contribution is -0.140. The van der Waals surface area contributed by atoms with Crippen LogP contribution in [-0.4, -0.2) is 58.0 Å². The van der Waals surface area contributed by atoms with Gasteiger partial charge in [-0.15, -0.1) is 0 Å². The smallest absolute Gasteiger partial charge is 0.264 e. The van der Waals surface area contributed by atoms with Gasteiger partial charge in [0.25, 0.3) is 10.0 Å². The fraction of sp³-hybridized carbons (Fsp3) is 0.278. The van der Waals surface area contributed by atoms with E-state index in [0.29, 0.717) is 17.7 Å². The molecule has 0 unspecified atom stereocenters. The summed E-state index contributed by atoms with van der Waals surface area (Å²) in [5, 5.41) is 2.99. The van der Waals surface area contributed by atoms with Gasteiger partial charge in [-0.05, 0) is 60.9 Å². The summed E-state index contributed by atoms with van der Waals surface area (Å²) >= 11 is 0. The van der Waals surface area contributed by atoms with Gasteiger partial charge in [-0.25, -0.2) is 12.8 Å². The van der Waals surface area contributed by atoms with Crippen LogP contribution in [0.1, 0.15) is 31.4 Å². The van der Waals surface area contributed by atoms with Crippen LogP contribution in [0.25, 0.3) is 0 Å². The summed E-state index contributed by atoms with van der Waals surface area (Å²) in [5.74, 6) is -0.904. The molecule has 4 rings (SSSR count). The summed E-state index contributed by atoms with van der Waals surface area (Å²) in [6, 6.07) is 26.2. The molecule has 248 valence electrons. The van der Waals surface area contributed by atoms with Gasteiger partial charge in [-0.2, -0.15) is 0 Å². The molecule has 4 aromatic rings. The number of methoxy groups -OCH3 is 2. The number of hydrogen-bond donors (Lipinski definition) is 1. The Morgan fingerprint density at radius 1 is 0.830 bits per heavy atom. The van der Waals surface area contributed by atoms with Crippen LogP contribution in [0.4, 0.5) is 10.1 Å². The first-order valence-corrected chi connectivity index (χ1v) is 16.7. The molecular formula is C36H40FN3O6S. The van der Waals surface area contributed by atoms with Crippen LogP contribution in [0.15, 0.2) is 108 Å². The van der Waals surface area contributed by atoms with Crippen molar-refractivity contribution in [1.29, 1.82) is 0 Å². The molecule has 0 fully saturated rings. The molecule has 0 spiro atoms. The summed E-state index contributed by atoms with van der Waals surface area (Å²) in [6.45, 7) is 3.12. The number of sulfonamides is 1. The molecule has 0 saturated carbocycles. The fourth-order valence-corrected chi connectivity index (χ4v) is 6.44. The van der Waals surface area contributed by atoms with Crippen LogP contribution >= 0.6 is 0 Å². The molecule has 4 aromatic carbocycles. The van der Waals surface area contributed by atoms with Crippen LogP contribution in [0.2, 0.25) is 0 Å². The lowest BCUT2D eigenvalue weighted by Crippen LogP contribution is -2.54. The van der Waals surface area contributed by atoms with Crippen molar-refractivity contribution in [3.8, 4) is 11.5 Å². The highest BCUT2D eigenvalue weighted by Crippen LogP contribution is 2.32. The quantitative estimate of drug-likeness (QED) is 0.178. The molecule has 0 aromatic heterocycles. The molecule has 2 atom stereocenters. The van der Waals surface area contributed by atoms with Crippen molar-refractivity contribution in [1.82, 2.24) is 10.2 Å². The van der Waals surface area contributed by atoms with Crippen molar-refractivity contribution in [3.63, 3.8) is 0 Å². The van der Waals surface area contributed by atoms with Gasteiger partial charge in [0.15, 0.2) is 11.5 Å². The number of carbonyl (C=O) groups is 2. The highest BCUT2D eigenvalue weighted by Gasteiger charge is 2.35. The van der Waals surface area contributed by atoms with Crippen molar-refractivity contribution >= 4 is 27.5 Å². The minimum atomic E-state index is -4.35. The Morgan fingerprint density at radius 3 is 2.04 bits per heavy atom. The highest BCUT2D eigenvalue weighted by molar-refractivity contribution is 7.92. The summed E-state index contributed by atoms with van der Waals surface area (Å²) in [4.78, 5) is 29.7. The average molecular weight is 662 g/mol. The Balaban J connectivity index is 1.81. The number of carbonyl (C=O) groups excluding carboxylic acids is 2. The number of anilines is 1. The zero-order chi connectivity index (χ0) is 34.0. The largest absolute Gasteiger partial charge is 0.493 e. The van der Waals surface area contributed by atoms with Gasteiger partial charge < -0.3 is 19.7 Å². The van der Waals surface area contributed by atoms with E-state index in [2.05, 4.69) is 5.32 Å². The first-order valence-electron chi connectivity index (χ1n) is 15.2. The van der Waals surface area contributed by atoms with Gasteiger partial charge >= 0.3 is 0 Å². The SMILES string of the molecule is CC[C@H](C)NC(=O)[C@@H](Cc1ccccc1)N(Cc1ccc(F)cc1)C(=O)CN(c1ccccc1)S(=O)(=O)c1ccc(OC)c(OC)c1. The Bertz CT molecular complexity index is 1740. The normalized spacial score (nSPS) is 12.4. The predicted molar refractivity (Wildman–Crippen MR) is 179 cm³/mol. The minimum absolute atomic E-state index is 0.0659. The number of nitrogens with zero attached hydrogens (tertiary/aromatic N) is 2. The number of hydrogen-bond acceptors (Lipinski definition) is 6. The molecular weight excluding hydrogens is 621 g/mol. The molecule has 0 aliphatic carbocycles. The van der Waals surface area contributed by atoms with E-state index < -0.39 is 34.3 Å². The second kappa shape index (κ2) is 16.1. The van der Waals surface area contributed by atoms with Gasteiger partial charge in [-0.3, -0.25) is 13.9 Å². The number of nitrogens with one attached hydrogen (secondary N) is 1. The molecule has 0 heterocycles. The molecule has 47 heavy (non-hydrogen) atoms. The van der Waals surface area contributed by atoms with Gasteiger partial charge in [0.05, 0.1) is 24.8 Å². The Labute approximate surface area is 276 Å². The van der Waals surface area contributed by atoms with Crippen LogP contribution in [0.5, 0.6) is 11.5 Å². The van der Waals surface area contributed by atoms with E-state index in [1.165, 1.54) is 61.6 Å². The van der Waals surface area contributed by atoms with Gasteiger partial charge in [-0.1, -0.05) is 67.6 Å². The van der Waals surface area contributed by atoms with Crippen molar-refractivity contribution in [3.05, 3.63) is 120 Å². The number of halogens is 1. The summed E-state index contributed by atoms with van der Waals surface area (Å²) < 4.78 is 54.1. The van der Waals surface area contributed by atoms with E-state index in [9.17, 15) is 22.4 Å². The molecule has 2 amide bonds. The van der Waals surface area contributed by atoms with Gasteiger partial charge in [0, 0.05) is 25.1 Å². The molecule has 0 aliphatic rings. The molecule has 9 nitrogen and oxygen atoms in total. The minimum Gasteiger partial charge on any atom is -0.493 e. The monoisotopic (exact) mass is 661 g/mol. The van der Waals surface area contributed by atoms with E-state index >= 15 is 0 Å². The lowest BCUT2D eigenvalue weighted by Gasteiger charge is -2.34.